The molecule has 0 saturated heterocycles. The lowest BCUT2D eigenvalue weighted by molar-refractivity contribution is 0.628. The maximum atomic E-state index is 5.74. The number of hydrogen-bond acceptors (Lipinski definition) is 3. The number of furan rings is 1. The molecule has 0 aliphatic heterocycles. The number of hydrogen-bond donors (Lipinski definition) is 1. The number of rotatable bonds is 1. The Bertz CT molecular complexity index is 673. The van der Waals surface area contributed by atoms with E-state index in [0.29, 0.717) is 5.69 Å². The minimum Gasteiger partial charge on any atom is -0.454 e. The smallest absolute Gasteiger partial charge is 0.153 e. The lowest BCUT2D eigenvalue weighted by Crippen LogP contribution is -1.86. The number of nitrogens with two attached hydrogens (primary N) is 1. The van der Waals surface area contributed by atoms with Crippen LogP contribution < -0.4 is 5.73 Å². The Labute approximate surface area is 106 Å². The van der Waals surface area contributed by atoms with E-state index in [1.807, 2.05) is 36.4 Å². The molecule has 0 aliphatic carbocycles. The molecule has 0 fully saturated rings. The van der Waals surface area contributed by atoms with Gasteiger partial charge in [-0.2, -0.15) is 0 Å². The monoisotopic (exact) mass is 288 g/mol. The van der Waals surface area contributed by atoms with Gasteiger partial charge in [0.2, 0.25) is 0 Å². The first-order valence-electron chi connectivity index (χ1n) is 5.13. The third-order valence-corrected chi connectivity index (χ3v) is 3.01. The average molecular weight is 289 g/mol. The first kappa shape index (κ1) is 10.4. The van der Waals surface area contributed by atoms with Crippen molar-refractivity contribution in [3.05, 3.63) is 47.1 Å². The van der Waals surface area contributed by atoms with E-state index in [1.54, 1.807) is 6.20 Å². The van der Waals surface area contributed by atoms with Crippen LogP contribution in [0.25, 0.3) is 22.4 Å². The van der Waals surface area contributed by atoms with Crippen LogP contribution in [0.5, 0.6) is 0 Å². The van der Waals surface area contributed by atoms with E-state index in [-0.39, 0.29) is 0 Å². The van der Waals surface area contributed by atoms with Crippen molar-refractivity contribution in [1.29, 1.82) is 0 Å². The maximum Gasteiger partial charge on any atom is 0.153 e. The zero-order valence-electron chi connectivity index (χ0n) is 8.85. The SMILES string of the molecule is Nc1ccc(-c2cc3ccc(Br)cc3o2)nc1. The molecule has 0 aliphatic rings. The first-order chi connectivity index (χ1) is 8.22. The molecular formula is C13H9BrN2O. The summed E-state index contributed by atoms with van der Waals surface area (Å²) in [6, 6.07) is 11.6. The lowest BCUT2D eigenvalue weighted by Gasteiger charge is -1.95. The molecule has 84 valence electrons. The molecule has 0 unspecified atom stereocenters. The van der Waals surface area contributed by atoms with E-state index >= 15 is 0 Å². The summed E-state index contributed by atoms with van der Waals surface area (Å²) in [5.74, 6) is 0.748. The molecule has 0 spiro atoms. The van der Waals surface area contributed by atoms with Crippen molar-refractivity contribution < 1.29 is 4.42 Å². The van der Waals surface area contributed by atoms with Crippen LogP contribution in [0.2, 0.25) is 0 Å². The number of anilines is 1. The Morgan fingerprint density at radius 1 is 1.12 bits per heavy atom. The van der Waals surface area contributed by atoms with Gasteiger partial charge in [0.1, 0.15) is 11.3 Å². The third kappa shape index (κ3) is 1.91. The molecule has 0 radical (unpaired) electrons. The van der Waals surface area contributed by atoms with Gasteiger partial charge in [0.15, 0.2) is 5.76 Å². The predicted molar refractivity (Wildman–Crippen MR) is 71.6 cm³/mol. The normalized spacial score (nSPS) is 10.9. The highest BCUT2D eigenvalue weighted by Crippen LogP contribution is 2.28. The minimum absolute atomic E-state index is 0.646. The van der Waals surface area contributed by atoms with Gasteiger partial charge in [-0.25, -0.2) is 0 Å². The highest BCUT2D eigenvalue weighted by molar-refractivity contribution is 9.10. The van der Waals surface area contributed by atoms with Crippen LogP contribution >= 0.6 is 15.9 Å². The van der Waals surface area contributed by atoms with Gasteiger partial charge < -0.3 is 10.2 Å². The van der Waals surface area contributed by atoms with Crippen LogP contribution in [0, 0.1) is 0 Å². The van der Waals surface area contributed by atoms with E-state index in [4.69, 9.17) is 10.2 Å². The molecule has 0 bridgehead atoms. The van der Waals surface area contributed by atoms with Gasteiger partial charge in [-0.05, 0) is 36.4 Å². The molecule has 0 amide bonds. The fourth-order valence-electron chi connectivity index (χ4n) is 1.68. The molecule has 3 rings (SSSR count). The van der Waals surface area contributed by atoms with E-state index < -0.39 is 0 Å². The Balaban J connectivity index is 2.14. The molecule has 2 N–H and O–H groups in total. The molecule has 0 atom stereocenters. The van der Waals surface area contributed by atoms with Crippen LogP contribution in [0.4, 0.5) is 5.69 Å². The van der Waals surface area contributed by atoms with Gasteiger partial charge in [-0.1, -0.05) is 15.9 Å². The van der Waals surface area contributed by atoms with E-state index in [0.717, 1.165) is 26.9 Å². The number of nitrogen functional groups attached to an aromatic ring is 1. The lowest BCUT2D eigenvalue weighted by atomic mass is 10.2. The summed E-state index contributed by atoms with van der Waals surface area (Å²) in [5, 5.41) is 1.06. The van der Waals surface area contributed by atoms with Crippen molar-refractivity contribution in [2.24, 2.45) is 0 Å². The molecule has 17 heavy (non-hydrogen) atoms. The topological polar surface area (TPSA) is 52.0 Å². The molecule has 4 heteroatoms. The standard InChI is InChI=1S/C13H9BrN2O/c14-9-2-1-8-5-13(17-12(8)6-9)11-4-3-10(15)7-16-11/h1-7H,15H2. The Hall–Kier alpha value is -1.81. The van der Waals surface area contributed by atoms with Crippen molar-refractivity contribution in [2.75, 3.05) is 5.73 Å². The number of fused-ring (bicyclic) bond motifs is 1. The second kappa shape index (κ2) is 3.89. The summed E-state index contributed by atoms with van der Waals surface area (Å²) in [6.45, 7) is 0. The largest absolute Gasteiger partial charge is 0.454 e. The quantitative estimate of drug-likeness (QED) is 0.740. The fraction of sp³-hybridized carbons (Fsp3) is 0. The molecule has 2 aromatic heterocycles. The van der Waals surface area contributed by atoms with Crippen molar-refractivity contribution in [3.63, 3.8) is 0 Å². The zero-order chi connectivity index (χ0) is 11.8. The van der Waals surface area contributed by atoms with E-state index in [1.165, 1.54) is 0 Å². The summed E-state index contributed by atoms with van der Waals surface area (Å²) in [6.07, 6.45) is 1.62. The first-order valence-corrected chi connectivity index (χ1v) is 5.93. The summed E-state index contributed by atoms with van der Waals surface area (Å²) >= 11 is 3.42. The molecular weight excluding hydrogens is 280 g/mol. The molecule has 2 heterocycles. The van der Waals surface area contributed by atoms with Crippen molar-refractivity contribution in [3.8, 4) is 11.5 Å². The molecule has 3 aromatic rings. The zero-order valence-corrected chi connectivity index (χ0v) is 10.4. The summed E-state index contributed by atoms with van der Waals surface area (Å²) in [5.41, 5.74) is 7.87. The summed E-state index contributed by atoms with van der Waals surface area (Å²) < 4.78 is 6.74. The van der Waals surface area contributed by atoms with Gasteiger partial charge >= 0.3 is 0 Å². The molecule has 0 saturated carbocycles. The van der Waals surface area contributed by atoms with Crippen LogP contribution in [-0.4, -0.2) is 4.98 Å². The second-order valence-corrected chi connectivity index (χ2v) is 4.69. The van der Waals surface area contributed by atoms with Crippen LogP contribution in [0.3, 0.4) is 0 Å². The van der Waals surface area contributed by atoms with Crippen LogP contribution in [-0.2, 0) is 0 Å². The second-order valence-electron chi connectivity index (χ2n) is 3.77. The van der Waals surface area contributed by atoms with Gasteiger partial charge in [0, 0.05) is 9.86 Å². The predicted octanol–water partition coefficient (Wildman–Crippen LogP) is 3.84. The van der Waals surface area contributed by atoms with Crippen molar-refractivity contribution >= 4 is 32.6 Å². The summed E-state index contributed by atoms with van der Waals surface area (Å²) in [4.78, 5) is 4.24. The van der Waals surface area contributed by atoms with E-state index in [2.05, 4.69) is 20.9 Å². The number of pyridine rings is 1. The van der Waals surface area contributed by atoms with Gasteiger partial charge in [-0.3, -0.25) is 4.98 Å². The number of nitrogens with zero attached hydrogens (tertiary/aromatic N) is 1. The summed E-state index contributed by atoms with van der Waals surface area (Å²) in [7, 11) is 0. The fourth-order valence-corrected chi connectivity index (χ4v) is 2.02. The van der Waals surface area contributed by atoms with Crippen molar-refractivity contribution in [1.82, 2.24) is 4.98 Å². The highest BCUT2D eigenvalue weighted by atomic mass is 79.9. The average Bonchev–Trinajstić information content (AvgIpc) is 2.72. The molecule has 1 aromatic carbocycles. The van der Waals surface area contributed by atoms with Gasteiger partial charge in [0.25, 0.3) is 0 Å². The molecule has 3 nitrogen and oxygen atoms in total. The Morgan fingerprint density at radius 3 is 2.76 bits per heavy atom. The van der Waals surface area contributed by atoms with Gasteiger partial charge in [-0.15, -0.1) is 0 Å². The van der Waals surface area contributed by atoms with Crippen molar-refractivity contribution in [2.45, 2.75) is 0 Å². The van der Waals surface area contributed by atoms with E-state index in [9.17, 15) is 0 Å². The Morgan fingerprint density at radius 2 is 2.00 bits per heavy atom. The third-order valence-electron chi connectivity index (χ3n) is 2.52. The highest BCUT2D eigenvalue weighted by Gasteiger charge is 2.07. The van der Waals surface area contributed by atoms with Crippen LogP contribution in [0.15, 0.2) is 51.5 Å². The minimum atomic E-state index is 0.646. The Kier molecular flexibility index (Phi) is 2.37. The maximum absolute atomic E-state index is 5.74. The van der Waals surface area contributed by atoms with Crippen LogP contribution in [0.1, 0.15) is 0 Å². The number of halogens is 1. The number of benzene rings is 1. The number of aromatic nitrogens is 1. The van der Waals surface area contributed by atoms with Gasteiger partial charge in [0.05, 0.1) is 11.9 Å².